The Bertz CT molecular complexity index is 995. The molecule has 0 bridgehead atoms. The van der Waals surface area contributed by atoms with Gasteiger partial charge in [0.2, 0.25) is 0 Å². The Balaban J connectivity index is 2.11. The van der Waals surface area contributed by atoms with Gasteiger partial charge >= 0.3 is 0 Å². The summed E-state index contributed by atoms with van der Waals surface area (Å²) in [6.07, 6.45) is 0. The Kier molecular flexibility index (Phi) is 3.42. The molecular weight excluding hydrogens is 288 g/mol. The van der Waals surface area contributed by atoms with Gasteiger partial charge in [0.05, 0.1) is 0 Å². The van der Waals surface area contributed by atoms with E-state index < -0.39 is 0 Å². The SMILES string of the molecule is Cc1ccc2c(-c3ccc(C)c4cc(C)ccc34)ccc(C)c2c1. The van der Waals surface area contributed by atoms with Crippen molar-refractivity contribution in [2.24, 2.45) is 0 Å². The molecule has 24 heavy (non-hydrogen) atoms. The van der Waals surface area contributed by atoms with E-state index in [1.807, 2.05) is 0 Å². The zero-order valence-corrected chi connectivity index (χ0v) is 14.8. The van der Waals surface area contributed by atoms with E-state index in [1.54, 1.807) is 0 Å². The highest BCUT2D eigenvalue weighted by Gasteiger charge is 2.10. The second kappa shape index (κ2) is 5.49. The highest BCUT2D eigenvalue weighted by atomic mass is 14.1. The third kappa shape index (κ3) is 2.30. The number of hydrogen-bond donors (Lipinski definition) is 0. The van der Waals surface area contributed by atoms with Crippen LogP contribution in [0.4, 0.5) is 0 Å². The number of aryl methyl sites for hydroxylation is 4. The summed E-state index contributed by atoms with van der Waals surface area (Å²) in [5.41, 5.74) is 7.95. The van der Waals surface area contributed by atoms with Crippen LogP contribution in [0.3, 0.4) is 0 Å². The Morgan fingerprint density at radius 2 is 0.833 bits per heavy atom. The van der Waals surface area contributed by atoms with E-state index in [9.17, 15) is 0 Å². The normalized spacial score (nSPS) is 11.3. The third-order valence-corrected chi connectivity index (χ3v) is 5.07. The summed E-state index contributed by atoms with van der Waals surface area (Å²) in [5, 5.41) is 5.39. The monoisotopic (exact) mass is 310 g/mol. The third-order valence-electron chi connectivity index (χ3n) is 5.07. The van der Waals surface area contributed by atoms with Crippen LogP contribution >= 0.6 is 0 Å². The lowest BCUT2D eigenvalue weighted by Crippen LogP contribution is -1.89. The minimum absolute atomic E-state index is 1.31. The molecule has 0 saturated heterocycles. The van der Waals surface area contributed by atoms with E-state index in [0.717, 1.165) is 0 Å². The minimum atomic E-state index is 1.31. The van der Waals surface area contributed by atoms with E-state index >= 15 is 0 Å². The van der Waals surface area contributed by atoms with Crippen LogP contribution in [0.25, 0.3) is 32.7 Å². The predicted octanol–water partition coefficient (Wildman–Crippen LogP) is 6.89. The predicted molar refractivity (Wildman–Crippen MR) is 106 cm³/mol. The number of benzene rings is 4. The molecule has 0 aliphatic heterocycles. The van der Waals surface area contributed by atoms with Crippen molar-refractivity contribution in [3.8, 4) is 11.1 Å². The summed E-state index contributed by atoms with van der Waals surface area (Å²) in [5.74, 6) is 0. The largest absolute Gasteiger partial charge is 0.0587 e. The van der Waals surface area contributed by atoms with E-state index in [2.05, 4.69) is 88.4 Å². The molecule has 0 unspecified atom stereocenters. The van der Waals surface area contributed by atoms with E-state index in [0.29, 0.717) is 0 Å². The van der Waals surface area contributed by atoms with Crippen molar-refractivity contribution in [2.45, 2.75) is 27.7 Å². The molecule has 0 spiro atoms. The van der Waals surface area contributed by atoms with Gasteiger partial charge < -0.3 is 0 Å². The first-order valence-electron chi connectivity index (χ1n) is 8.55. The summed E-state index contributed by atoms with van der Waals surface area (Å²) in [6, 6.07) is 22.6. The summed E-state index contributed by atoms with van der Waals surface area (Å²) >= 11 is 0. The maximum absolute atomic E-state index is 2.30. The van der Waals surface area contributed by atoms with Gasteiger partial charge in [-0.3, -0.25) is 0 Å². The van der Waals surface area contributed by atoms with Crippen LogP contribution in [0.15, 0.2) is 60.7 Å². The number of hydrogen-bond acceptors (Lipinski definition) is 0. The minimum Gasteiger partial charge on any atom is -0.0587 e. The molecule has 0 saturated carbocycles. The van der Waals surface area contributed by atoms with Gasteiger partial charge in [0, 0.05) is 0 Å². The van der Waals surface area contributed by atoms with Crippen molar-refractivity contribution >= 4 is 21.5 Å². The van der Waals surface area contributed by atoms with Crippen molar-refractivity contribution in [3.63, 3.8) is 0 Å². The average molecular weight is 310 g/mol. The molecule has 0 heterocycles. The van der Waals surface area contributed by atoms with Crippen molar-refractivity contribution in [3.05, 3.63) is 82.9 Å². The molecule has 0 atom stereocenters. The van der Waals surface area contributed by atoms with Gasteiger partial charge in [-0.25, -0.2) is 0 Å². The van der Waals surface area contributed by atoms with Crippen LogP contribution in [0, 0.1) is 27.7 Å². The molecule has 0 aliphatic rings. The Labute approximate surface area is 143 Å². The first-order valence-corrected chi connectivity index (χ1v) is 8.55. The molecule has 0 nitrogen and oxygen atoms in total. The molecule has 0 aromatic heterocycles. The highest BCUT2D eigenvalue weighted by Crippen LogP contribution is 2.36. The molecule has 0 fully saturated rings. The molecule has 0 heteroatoms. The lowest BCUT2D eigenvalue weighted by atomic mass is 9.90. The van der Waals surface area contributed by atoms with Gasteiger partial charge in [-0.2, -0.15) is 0 Å². The Morgan fingerprint density at radius 1 is 0.417 bits per heavy atom. The smallest absolute Gasteiger partial charge is 0.00990 e. The van der Waals surface area contributed by atoms with Gasteiger partial charge in [0.1, 0.15) is 0 Å². The molecule has 4 aromatic carbocycles. The van der Waals surface area contributed by atoms with Gasteiger partial charge in [0.15, 0.2) is 0 Å². The van der Waals surface area contributed by atoms with Crippen LogP contribution < -0.4 is 0 Å². The van der Waals surface area contributed by atoms with Crippen LogP contribution in [-0.2, 0) is 0 Å². The average Bonchev–Trinajstić information content (AvgIpc) is 2.57. The molecule has 4 rings (SSSR count). The molecule has 0 N–H and O–H groups in total. The van der Waals surface area contributed by atoms with Gasteiger partial charge in [-0.1, -0.05) is 71.8 Å². The summed E-state index contributed by atoms with van der Waals surface area (Å²) in [6.45, 7) is 8.72. The topological polar surface area (TPSA) is 0 Å². The van der Waals surface area contributed by atoms with Gasteiger partial charge in [-0.05, 0) is 71.5 Å². The molecular formula is C24H22. The Morgan fingerprint density at radius 3 is 1.25 bits per heavy atom. The summed E-state index contributed by atoms with van der Waals surface area (Å²) in [7, 11) is 0. The highest BCUT2D eigenvalue weighted by molar-refractivity contribution is 6.07. The van der Waals surface area contributed by atoms with Crippen molar-refractivity contribution in [2.75, 3.05) is 0 Å². The maximum atomic E-state index is 2.30. The molecule has 0 aliphatic carbocycles. The fourth-order valence-electron chi connectivity index (χ4n) is 3.68. The molecule has 0 radical (unpaired) electrons. The zero-order chi connectivity index (χ0) is 16.8. The molecule has 0 amide bonds. The van der Waals surface area contributed by atoms with Crippen LogP contribution in [0.1, 0.15) is 22.3 Å². The van der Waals surface area contributed by atoms with Crippen molar-refractivity contribution in [1.29, 1.82) is 0 Å². The standard InChI is InChI=1S/C24H22/c1-15-5-9-21-19(11-7-17(3)23(21)13-15)20-12-8-18(4)24-14-16(2)6-10-22(20)24/h5-14H,1-4H3. The van der Waals surface area contributed by atoms with Crippen LogP contribution in [0.2, 0.25) is 0 Å². The van der Waals surface area contributed by atoms with Gasteiger partial charge in [-0.15, -0.1) is 0 Å². The fraction of sp³-hybridized carbons (Fsp3) is 0.167. The van der Waals surface area contributed by atoms with Crippen molar-refractivity contribution < 1.29 is 0 Å². The molecule has 4 aromatic rings. The number of fused-ring (bicyclic) bond motifs is 2. The fourth-order valence-corrected chi connectivity index (χ4v) is 3.68. The summed E-state index contributed by atoms with van der Waals surface area (Å²) < 4.78 is 0. The van der Waals surface area contributed by atoms with Crippen LogP contribution in [0.5, 0.6) is 0 Å². The molecule has 118 valence electrons. The zero-order valence-electron chi connectivity index (χ0n) is 14.8. The second-order valence-electron chi connectivity index (χ2n) is 6.96. The Hall–Kier alpha value is -2.60. The van der Waals surface area contributed by atoms with E-state index in [-0.39, 0.29) is 0 Å². The van der Waals surface area contributed by atoms with E-state index in [1.165, 1.54) is 54.9 Å². The number of rotatable bonds is 1. The van der Waals surface area contributed by atoms with Gasteiger partial charge in [0.25, 0.3) is 0 Å². The first kappa shape index (κ1) is 15.0. The second-order valence-corrected chi connectivity index (χ2v) is 6.96. The quantitative estimate of drug-likeness (QED) is 0.359. The first-order chi connectivity index (χ1) is 11.5. The summed E-state index contributed by atoms with van der Waals surface area (Å²) in [4.78, 5) is 0. The maximum Gasteiger partial charge on any atom is -0.00990 e. The van der Waals surface area contributed by atoms with Crippen LogP contribution in [-0.4, -0.2) is 0 Å². The van der Waals surface area contributed by atoms with E-state index in [4.69, 9.17) is 0 Å². The lowest BCUT2D eigenvalue weighted by molar-refractivity contribution is 1.46. The lowest BCUT2D eigenvalue weighted by Gasteiger charge is -2.14. The van der Waals surface area contributed by atoms with Crippen molar-refractivity contribution in [1.82, 2.24) is 0 Å².